The van der Waals surface area contributed by atoms with E-state index in [1.165, 1.54) is 104 Å². The molecule has 0 N–H and O–H groups in total. The summed E-state index contributed by atoms with van der Waals surface area (Å²) >= 11 is 0. The van der Waals surface area contributed by atoms with Gasteiger partial charge in [-0.25, -0.2) is 0 Å². The van der Waals surface area contributed by atoms with E-state index in [1.807, 2.05) is 0 Å². The van der Waals surface area contributed by atoms with Gasteiger partial charge in [-0.2, -0.15) is 0 Å². The zero-order valence-corrected chi connectivity index (χ0v) is 25.5. The highest BCUT2D eigenvalue weighted by atomic mass is 15.0. The zero-order valence-electron chi connectivity index (χ0n) is 25.5. The number of hydrogen-bond donors (Lipinski definition) is 0. The second kappa shape index (κ2) is 9.19. The van der Waals surface area contributed by atoms with Crippen molar-refractivity contribution in [1.29, 1.82) is 0 Å². The molecule has 0 amide bonds. The predicted molar refractivity (Wildman–Crippen MR) is 201 cm³/mol. The molecule has 0 atom stereocenters. The molecule has 1 nitrogen and oxygen atoms in total. The Morgan fingerprint density at radius 2 is 0.851 bits per heavy atom. The average molecular weight is 594 g/mol. The first kappa shape index (κ1) is 25.1. The maximum absolute atomic E-state index is 2.46. The lowest BCUT2D eigenvalue weighted by Crippen LogP contribution is -1.94. The molecule has 10 aromatic rings. The standard InChI is InChI=1S/C46H27N/c1-3-11-36-28(8-1)19-22-42-45(36)46-37-12-4-2-9-29(37)20-23-43(46)47(42)35-21-18-30-24-31(16-17-32(30)26-35)34-25-33-10-7-15-40-38-13-5-6-14-39(38)41(27-34)44(33)40/h1-27H. The van der Waals surface area contributed by atoms with Crippen molar-refractivity contribution in [3.8, 4) is 39.1 Å². The van der Waals surface area contributed by atoms with Gasteiger partial charge in [-0.15, -0.1) is 0 Å². The van der Waals surface area contributed by atoms with Crippen LogP contribution in [0.25, 0.3) is 104 Å². The first-order chi connectivity index (χ1) is 23.3. The molecule has 0 spiro atoms. The number of fused-ring (bicyclic) bond motifs is 11. The number of rotatable bonds is 2. The Hall–Kier alpha value is -6.18. The molecule has 0 saturated heterocycles. The summed E-state index contributed by atoms with van der Waals surface area (Å²) in [4.78, 5) is 0. The maximum Gasteiger partial charge on any atom is 0.0547 e. The fourth-order valence-electron chi connectivity index (χ4n) is 8.36. The maximum atomic E-state index is 2.46. The topological polar surface area (TPSA) is 4.93 Å². The summed E-state index contributed by atoms with van der Waals surface area (Å²) in [6.45, 7) is 0. The van der Waals surface area contributed by atoms with Crippen molar-refractivity contribution in [2.45, 2.75) is 0 Å². The van der Waals surface area contributed by atoms with Gasteiger partial charge in [-0.05, 0) is 119 Å². The Bertz CT molecular complexity index is 2860. The summed E-state index contributed by atoms with van der Waals surface area (Å²) in [6, 6.07) is 60.8. The van der Waals surface area contributed by atoms with Crippen LogP contribution in [0, 0.1) is 0 Å². The third-order valence-electron chi connectivity index (χ3n) is 10.4. The Balaban J connectivity index is 1.11. The minimum atomic E-state index is 1.18. The van der Waals surface area contributed by atoms with Crippen molar-refractivity contribution in [3.05, 3.63) is 164 Å². The van der Waals surface area contributed by atoms with Gasteiger partial charge in [-0.3, -0.25) is 0 Å². The van der Waals surface area contributed by atoms with Crippen LogP contribution in [0.4, 0.5) is 0 Å². The summed E-state index contributed by atoms with van der Waals surface area (Å²) in [7, 11) is 0. The normalized spacial score (nSPS) is 12.3. The third kappa shape index (κ3) is 3.43. The molecule has 11 rings (SSSR count). The van der Waals surface area contributed by atoms with Crippen LogP contribution in [0.1, 0.15) is 0 Å². The van der Waals surface area contributed by atoms with Crippen LogP contribution in [0.5, 0.6) is 0 Å². The second-order valence-electron chi connectivity index (χ2n) is 12.9. The molecule has 0 unspecified atom stereocenters. The van der Waals surface area contributed by atoms with Crippen LogP contribution in [0.2, 0.25) is 0 Å². The lowest BCUT2D eigenvalue weighted by molar-refractivity contribution is 1.19. The molecule has 1 aliphatic carbocycles. The van der Waals surface area contributed by atoms with Gasteiger partial charge in [0, 0.05) is 16.5 Å². The van der Waals surface area contributed by atoms with Crippen LogP contribution in [-0.2, 0) is 0 Å². The first-order valence-corrected chi connectivity index (χ1v) is 16.3. The molecule has 0 saturated carbocycles. The SMILES string of the molecule is c1ccc2c(c1)-c1cccc3cc(-c4ccc5cc(-n6c7ccc8ccccc8c7c7c8ccccc8ccc76)ccc5c4)cc-2c13. The van der Waals surface area contributed by atoms with E-state index in [-0.39, 0.29) is 0 Å². The molecule has 1 heterocycles. The molecular formula is C46H27N. The Labute approximate surface area is 271 Å². The number of aromatic nitrogens is 1. The van der Waals surface area contributed by atoms with Gasteiger partial charge in [-0.1, -0.05) is 121 Å². The van der Waals surface area contributed by atoms with Gasteiger partial charge in [0.05, 0.1) is 11.0 Å². The van der Waals surface area contributed by atoms with Gasteiger partial charge in [0.1, 0.15) is 0 Å². The fraction of sp³-hybridized carbons (Fsp3) is 0. The van der Waals surface area contributed by atoms with E-state index in [4.69, 9.17) is 0 Å². The first-order valence-electron chi connectivity index (χ1n) is 16.3. The molecule has 1 aliphatic rings. The van der Waals surface area contributed by atoms with Crippen LogP contribution in [-0.4, -0.2) is 4.57 Å². The Kier molecular flexibility index (Phi) is 4.90. The summed E-state index contributed by atoms with van der Waals surface area (Å²) in [6.07, 6.45) is 0. The van der Waals surface area contributed by atoms with Gasteiger partial charge < -0.3 is 4.57 Å². The molecule has 0 radical (unpaired) electrons. The van der Waals surface area contributed by atoms with Gasteiger partial charge in [0.15, 0.2) is 0 Å². The predicted octanol–water partition coefficient (Wildman–Crippen LogP) is 12.7. The average Bonchev–Trinajstić information content (AvgIpc) is 3.65. The summed E-state index contributed by atoms with van der Waals surface area (Å²) < 4.78 is 2.46. The monoisotopic (exact) mass is 593 g/mol. The molecule has 0 aliphatic heterocycles. The molecular weight excluding hydrogens is 567 g/mol. The van der Waals surface area contributed by atoms with E-state index in [1.54, 1.807) is 0 Å². The van der Waals surface area contributed by atoms with E-state index >= 15 is 0 Å². The largest absolute Gasteiger partial charge is 0.309 e. The quantitative estimate of drug-likeness (QED) is 0.188. The van der Waals surface area contributed by atoms with Crippen molar-refractivity contribution in [1.82, 2.24) is 4.57 Å². The molecule has 0 fully saturated rings. The van der Waals surface area contributed by atoms with Crippen molar-refractivity contribution in [3.63, 3.8) is 0 Å². The minimum absolute atomic E-state index is 1.18. The van der Waals surface area contributed by atoms with E-state index in [2.05, 4.69) is 168 Å². The van der Waals surface area contributed by atoms with E-state index < -0.39 is 0 Å². The minimum Gasteiger partial charge on any atom is -0.309 e. The van der Waals surface area contributed by atoms with E-state index in [0.29, 0.717) is 0 Å². The van der Waals surface area contributed by atoms with Crippen LogP contribution >= 0.6 is 0 Å². The van der Waals surface area contributed by atoms with Crippen molar-refractivity contribution < 1.29 is 0 Å². The smallest absolute Gasteiger partial charge is 0.0547 e. The number of nitrogens with zero attached hydrogens (tertiary/aromatic N) is 1. The van der Waals surface area contributed by atoms with E-state index in [9.17, 15) is 0 Å². The van der Waals surface area contributed by atoms with Crippen LogP contribution in [0.3, 0.4) is 0 Å². The number of hydrogen-bond acceptors (Lipinski definition) is 0. The fourth-order valence-corrected chi connectivity index (χ4v) is 8.36. The second-order valence-corrected chi connectivity index (χ2v) is 12.9. The summed E-state index contributed by atoms with van der Waals surface area (Å²) in [5, 5.41) is 12.9. The molecule has 0 bridgehead atoms. The van der Waals surface area contributed by atoms with Crippen molar-refractivity contribution in [2.24, 2.45) is 0 Å². The van der Waals surface area contributed by atoms with E-state index in [0.717, 1.165) is 0 Å². The lowest BCUT2D eigenvalue weighted by atomic mass is 9.95. The highest BCUT2D eigenvalue weighted by Crippen LogP contribution is 2.49. The molecule has 216 valence electrons. The molecule has 1 heteroatoms. The van der Waals surface area contributed by atoms with Gasteiger partial charge in [0.25, 0.3) is 0 Å². The lowest BCUT2D eigenvalue weighted by Gasteiger charge is -2.12. The highest BCUT2D eigenvalue weighted by molar-refractivity contribution is 6.28. The van der Waals surface area contributed by atoms with Gasteiger partial charge in [0.2, 0.25) is 0 Å². The van der Waals surface area contributed by atoms with Crippen molar-refractivity contribution >= 4 is 64.9 Å². The summed E-state index contributed by atoms with van der Waals surface area (Å²) in [5.74, 6) is 0. The zero-order chi connectivity index (χ0) is 30.6. The summed E-state index contributed by atoms with van der Waals surface area (Å²) in [5.41, 5.74) is 11.5. The Morgan fingerprint density at radius 1 is 0.298 bits per heavy atom. The van der Waals surface area contributed by atoms with Crippen LogP contribution in [0.15, 0.2) is 164 Å². The third-order valence-corrected chi connectivity index (χ3v) is 10.4. The Morgan fingerprint density at radius 3 is 1.60 bits per heavy atom. The molecule has 1 aromatic heterocycles. The number of benzene rings is 9. The van der Waals surface area contributed by atoms with Gasteiger partial charge >= 0.3 is 0 Å². The molecule has 9 aromatic carbocycles. The van der Waals surface area contributed by atoms with Crippen molar-refractivity contribution in [2.75, 3.05) is 0 Å². The highest BCUT2D eigenvalue weighted by Gasteiger charge is 2.22. The molecule has 47 heavy (non-hydrogen) atoms. The van der Waals surface area contributed by atoms with Crippen LogP contribution < -0.4 is 0 Å².